The van der Waals surface area contributed by atoms with E-state index >= 15 is 0 Å². The van der Waals surface area contributed by atoms with Gasteiger partial charge in [-0.2, -0.15) is 0 Å². The number of carbonyl (C=O) groups is 1. The number of aryl methyl sites for hydroxylation is 1. The van der Waals surface area contributed by atoms with Crippen LogP contribution in [0.15, 0.2) is 46.9 Å². The number of likely N-dealkylation sites (tertiary alicyclic amines) is 1. The third-order valence-electron chi connectivity index (χ3n) is 4.67. The van der Waals surface area contributed by atoms with Crippen LogP contribution in [0.25, 0.3) is 0 Å². The molecule has 2 aromatic rings. The Morgan fingerprint density at radius 3 is 2.52 bits per heavy atom. The van der Waals surface area contributed by atoms with Crippen LogP contribution in [0.3, 0.4) is 0 Å². The van der Waals surface area contributed by atoms with Crippen molar-refractivity contribution in [2.75, 3.05) is 18.4 Å². The molecule has 0 atom stereocenters. The maximum atomic E-state index is 13.9. The van der Waals surface area contributed by atoms with Crippen LogP contribution in [0.2, 0.25) is 0 Å². The molecule has 1 N–H and O–H groups in total. The quantitative estimate of drug-likeness (QED) is 0.797. The fourth-order valence-corrected chi connectivity index (χ4v) is 3.46. The molecule has 25 heavy (non-hydrogen) atoms. The summed E-state index contributed by atoms with van der Waals surface area (Å²) in [6.07, 6.45) is 1.60. The molecule has 3 nitrogen and oxygen atoms in total. The molecule has 1 fully saturated rings. The molecule has 2 aromatic carbocycles. The first kappa shape index (κ1) is 18.1. The maximum absolute atomic E-state index is 13.9. The van der Waals surface area contributed by atoms with E-state index in [4.69, 9.17) is 0 Å². The lowest BCUT2D eigenvalue weighted by Crippen LogP contribution is -2.37. The van der Waals surface area contributed by atoms with E-state index in [1.54, 1.807) is 12.1 Å². The summed E-state index contributed by atoms with van der Waals surface area (Å²) >= 11 is 3.22. The largest absolute Gasteiger partial charge is 0.323 e. The lowest BCUT2D eigenvalue weighted by Gasteiger charge is -2.31. The van der Waals surface area contributed by atoms with Crippen molar-refractivity contribution in [2.24, 2.45) is 5.92 Å². The highest BCUT2D eigenvalue weighted by Gasteiger charge is 2.25. The summed E-state index contributed by atoms with van der Waals surface area (Å²) in [5.41, 5.74) is 2.81. The van der Waals surface area contributed by atoms with E-state index < -0.39 is 5.82 Å². The first-order chi connectivity index (χ1) is 12.0. The van der Waals surface area contributed by atoms with Crippen molar-refractivity contribution in [3.63, 3.8) is 0 Å². The third kappa shape index (κ3) is 4.89. The number of hydrogen-bond donors (Lipinski definition) is 1. The summed E-state index contributed by atoms with van der Waals surface area (Å²) < 4.78 is 14.5. The van der Waals surface area contributed by atoms with E-state index in [1.165, 1.54) is 17.2 Å². The van der Waals surface area contributed by atoms with Crippen LogP contribution in [-0.4, -0.2) is 23.9 Å². The third-order valence-corrected chi connectivity index (χ3v) is 5.17. The minimum atomic E-state index is -0.417. The van der Waals surface area contributed by atoms with Crippen LogP contribution in [0, 0.1) is 18.7 Å². The molecular weight excluding hydrogens is 383 g/mol. The van der Waals surface area contributed by atoms with Gasteiger partial charge >= 0.3 is 0 Å². The number of rotatable bonds is 4. The second-order valence-corrected chi connectivity index (χ2v) is 7.57. The van der Waals surface area contributed by atoms with Crippen LogP contribution in [-0.2, 0) is 11.3 Å². The average molecular weight is 405 g/mol. The number of hydrogen-bond acceptors (Lipinski definition) is 2. The Labute approximate surface area is 156 Å². The molecule has 0 unspecified atom stereocenters. The fourth-order valence-electron chi connectivity index (χ4n) is 3.13. The summed E-state index contributed by atoms with van der Waals surface area (Å²) in [6.45, 7) is 4.77. The van der Waals surface area contributed by atoms with Gasteiger partial charge in [-0.1, -0.05) is 45.8 Å². The topological polar surface area (TPSA) is 32.3 Å². The highest BCUT2D eigenvalue weighted by Crippen LogP contribution is 2.23. The summed E-state index contributed by atoms with van der Waals surface area (Å²) in [4.78, 5) is 14.8. The maximum Gasteiger partial charge on any atom is 0.227 e. The Hall–Kier alpha value is -1.72. The van der Waals surface area contributed by atoms with Crippen LogP contribution in [0.4, 0.5) is 10.1 Å². The van der Waals surface area contributed by atoms with Gasteiger partial charge in [0.1, 0.15) is 5.82 Å². The zero-order valence-electron chi connectivity index (χ0n) is 14.3. The minimum absolute atomic E-state index is 0.0580. The van der Waals surface area contributed by atoms with Gasteiger partial charge in [-0.3, -0.25) is 9.69 Å². The summed E-state index contributed by atoms with van der Waals surface area (Å²) in [7, 11) is 0. The predicted molar refractivity (Wildman–Crippen MR) is 102 cm³/mol. The summed E-state index contributed by atoms with van der Waals surface area (Å²) in [6, 6.07) is 13.2. The Morgan fingerprint density at radius 1 is 1.20 bits per heavy atom. The standard InChI is InChI=1S/C20H22BrFN2O/c1-14-2-4-15(5-3-14)13-24-10-8-16(9-11-24)20(25)23-19-7-6-17(21)12-18(19)22/h2-7,12,16H,8-11,13H2,1H3,(H,23,25). The Kier molecular flexibility index (Phi) is 5.86. The molecule has 3 rings (SSSR count). The van der Waals surface area contributed by atoms with Crippen LogP contribution < -0.4 is 5.32 Å². The molecule has 1 amide bonds. The second-order valence-electron chi connectivity index (χ2n) is 6.65. The minimum Gasteiger partial charge on any atom is -0.323 e. The summed E-state index contributed by atoms with van der Waals surface area (Å²) in [5, 5.41) is 2.72. The average Bonchev–Trinajstić information content (AvgIpc) is 2.60. The Morgan fingerprint density at radius 2 is 1.88 bits per heavy atom. The number of amides is 1. The highest BCUT2D eigenvalue weighted by atomic mass is 79.9. The smallest absolute Gasteiger partial charge is 0.227 e. The number of benzene rings is 2. The van der Waals surface area contributed by atoms with Gasteiger partial charge in [0.2, 0.25) is 5.91 Å². The van der Waals surface area contributed by atoms with E-state index in [0.717, 1.165) is 32.5 Å². The molecule has 0 aromatic heterocycles. The molecule has 1 heterocycles. The number of piperidine rings is 1. The van der Waals surface area contributed by atoms with Crippen molar-refractivity contribution >= 4 is 27.5 Å². The predicted octanol–water partition coefficient (Wildman–Crippen LogP) is 4.75. The van der Waals surface area contributed by atoms with Gasteiger partial charge in [-0.25, -0.2) is 4.39 Å². The van der Waals surface area contributed by atoms with Gasteiger partial charge in [0.05, 0.1) is 5.69 Å². The molecule has 5 heteroatoms. The van der Waals surface area contributed by atoms with E-state index in [-0.39, 0.29) is 17.5 Å². The molecule has 0 saturated carbocycles. The number of anilines is 1. The van der Waals surface area contributed by atoms with Gasteiger partial charge in [0.25, 0.3) is 0 Å². The molecular formula is C20H22BrFN2O. The van der Waals surface area contributed by atoms with Crippen LogP contribution in [0.1, 0.15) is 24.0 Å². The molecule has 1 aliphatic heterocycles. The van der Waals surface area contributed by atoms with E-state index in [2.05, 4.69) is 57.3 Å². The Bertz CT molecular complexity index is 740. The van der Waals surface area contributed by atoms with Crippen molar-refractivity contribution < 1.29 is 9.18 Å². The lowest BCUT2D eigenvalue weighted by molar-refractivity contribution is -0.121. The molecule has 132 valence electrons. The van der Waals surface area contributed by atoms with Crippen LogP contribution >= 0.6 is 15.9 Å². The van der Waals surface area contributed by atoms with Gasteiger partial charge < -0.3 is 5.32 Å². The first-order valence-corrected chi connectivity index (χ1v) is 9.34. The molecule has 1 saturated heterocycles. The van der Waals surface area contributed by atoms with Gasteiger partial charge in [0, 0.05) is 16.9 Å². The SMILES string of the molecule is Cc1ccc(CN2CCC(C(=O)Nc3ccc(Br)cc3F)CC2)cc1. The first-order valence-electron chi connectivity index (χ1n) is 8.55. The van der Waals surface area contributed by atoms with Gasteiger partial charge in [0.15, 0.2) is 0 Å². The second kappa shape index (κ2) is 8.11. The van der Waals surface area contributed by atoms with Gasteiger partial charge in [-0.05, 0) is 56.6 Å². The summed E-state index contributed by atoms with van der Waals surface area (Å²) in [5.74, 6) is -0.562. The zero-order chi connectivity index (χ0) is 17.8. The lowest BCUT2D eigenvalue weighted by atomic mass is 9.95. The number of carbonyl (C=O) groups excluding carboxylic acids is 1. The number of nitrogens with zero attached hydrogens (tertiary/aromatic N) is 1. The highest BCUT2D eigenvalue weighted by molar-refractivity contribution is 9.10. The molecule has 0 spiro atoms. The molecule has 0 aliphatic carbocycles. The molecule has 1 aliphatic rings. The Balaban J connectivity index is 1.51. The molecule has 0 radical (unpaired) electrons. The van der Waals surface area contributed by atoms with E-state index in [9.17, 15) is 9.18 Å². The normalized spacial score (nSPS) is 16.0. The zero-order valence-corrected chi connectivity index (χ0v) is 15.9. The fraction of sp³-hybridized carbons (Fsp3) is 0.350. The van der Waals surface area contributed by atoms with E-state index in [1.807, 2.05) is 0 Å². The van der Waals surface area contributed by atoms with Crippen molar-refractivity contribution in [1.82, 2.24) is 4.90 Å². The van der Waals surface area contributed by atoms with Crippen molar-refractivity contribution in [3.8, 4) is 0 Å². The van der Waals surface area contributed by atoms with Crippen molar-refractivity contribution in [3.05, 3.63) is 63.9 Å². The van der Waals surface area contributed by atoms with E-state index in [0.29, 0.717) is 4.47 Å². The monoisotopic (exact) mass is 404 g/mol. The number of halogens is 2. The molecule has 0 bridgehead atoms. The number of nitrogens with one attached hydrogen (secondary N) is 1. The van der Waals surface area contributed by atoms with Crippen LogP contribution in [0.5, 0.6) is 0 Å². The van der Waals surface area contributed by atoms with Gasteiger partial charge in [-0.15, -0.1) is 0 Å². The van der Waals surface area contributed by atoms with Crippen molar-refractivity contribution in [1.29, 1.82) is 0 Å². The van der Waals surface area contributed by atoms with Crippen molar-refractivity contribution in [2.45, 2.75) is 26.3 Å².